The molecule has 0 aliphatic carbocycles. The molecule has 176 valence electrons. The van der Waals surface area contributed by atoms with Gasteiger partial charge in [0.2, 0.25) is 0 Å². The Morgan fingerprint density at radius 2 is 1.71 bits per heavy atom. The van der Waals surface area contributed by atoms with E-state index in [4.69, 9.17) is 18.9 Å². The van der Waals surface area contributed by atoms with E-state index in [0.29, 0.717) is 53.8 Å². The predicted molar refractivity (Wildman–Crippen MR) is 128 cm³/mol. The summed E-state index contributed by atoms with van der Waals surface area (Å²) in [5.74, 6) is 1.92. The molecule has 3 aromatic rings. The number of hydrogen-bond acceptors (Lipinski definition) is 6. The van der Waals surface area contributed by atoms with E-state index in [1.54, 1.807) is 41.3 Å². The van der Waals surface area contributed by atoms with Gasteiger partial charge in [-0.25, -0.2) is 0 Å². The van der Waals surface area contributed by atoms with Crippen LogP contribution < -0.4 is 29.2 Å². The Morgan fingerprint density at radius 1 is 0.971 bits per heavy atom. The summed E-state index contributed by atoms with van der Waals surface area (Å²) in [5.41, 5.74) is 1.53. The van der Waals surface area contributed by atoms with Crippen LogP contribution in [0.15, 0.2) is 66.7 Å². The van der Waals surface area contributed by atoms with Gasteiger partial charge in [-0.15, -0.1) is 0 Å². The first-order valence-corrected chi connectivity index (χ1v) is 10.9. The van der Waals surface area contributed by atoms with Crippen LogP contribution in [-0.2, 0) is 4.79 Å². The van der Waals surface area contributed by atoms with Gasteiger partial charge >= 0.3 is 0 Å². The third kappa shape index (κ3) is 5.40. The molecule has 0 radical (unpaired) electrons. The fourth-order valence-corrected chi connectivity index (χ4v) is 3.60. The number of hydrogen-bond donors (Lipinski definition) is 1. The lowest BCUT2D eigenvalue weighted by Gasteiger charge is -2.30. The third-order valence-corrected chi connectivity index (χ3v) is 5.31. The van der Waals surface area contributed by atoms with Crippen LogP contribution >= 0.6 is 0 Å². The van der Waals surface area contributed by atoms with Crippen molar-refractivity contribution in [1.82, 2.24) is 0 Å². The molecule has 0 fully saturated rings. The highest BCUT2D eigenvalue weighted by molar-refractivity contribution is 6.06. The average molecular weight is 463 g/mol. The smallest absolute Gasteiger partial charge is 0.265 e. The molecule has 34 heavy (non-hydrogen) atoms. The summed E-state index contributed by atoms with van der Waals surface area (Å²) in [7, 11) is 3.05. The predicted octanol–water partition coefficient (Wildman–Crippen LogP) is 4.15. The van der Waals surface area contributed by atoms with Gasteiger partial charge in [0.1, 0.15) is 23.0 Å². The van der Waals surface area contributed by atoms with Crippen molar-refractivity contribution in [2.45, 2.75) is 6.42 Å². The summed E-state index contributed by atoms with van der Waals surface area (Å²) in [6.45, 7) is 0.909. The standard InChI is InChI=1S/C26H26N2O6/c1-31-21-13-18(14-22(16-21)32-2)26(30)27-19-9-10-24-23(15-19)28(25(29)17-34-24)11-6-12-33-20-7-4-3-5-8-20/h3-5,7-10,13-16H,6,11-12,17H2,1-2H3,(H,27,30). The van der Waals surface area contributed by atoms with E-state index in [9.17, 15) is 9.59 Å². The molecule has 1 aliphatic rings. The molecular weight excluding hydrogens is 436 g/mol. The third-order valence-electron chi connectivity index (χ3n) is 5.31. The Bertz CT molecular complexity index is 1140. The number of nitrogens with one attached hydrogen (secondary N) is 1. The highest BCUT2D eigenvalue weighted by Crippen LogP contribution is 2.35. The van der Waals surface area contributed by atoms with Crippen LogP contribution in [0.25, 0.3) is 0 Å². The minimum atomic E-state index is -0.331. The number of rotatable bonds is 9. The van der Waals surface area contributed by atoms with Gasteiger partial charge in [-0.2, -0.15) is 0 Å². The number of amides is 2. The second kappa shape index (κ2) is 10.6. The Labute approximate surface area is 198 Å². The minimum Gasteiger partial charge on any atom is -0.497 e. The molecule has 2 amide bonds. The number of anilines is 2. The van der Waals surface area contributed by atoms with Crippen LogP contribution in [0.3, 0.4) is 0 Å². The molecule has 1 heterocycles. The van der Waals surface area contributed by atoms with Gasteiger partial charge < -0.3 is 29.2 Å². The average Bonchev–Trinajstić information content (AvgIpc) is 2.87. The van der Waals surface area contributed by atoms with E-state index in [2.05, 4.69) is 5.32 Å². The molecule has 0 saturated heterocycles. The Balaban J connectivity index is 1.45. The van der Waals surface area contributed by atoms with Gasteiger partial charge in [-0.05, 0) is 48.9 Å². The lowest BCUT2D eigenvalue weighted by Crippen LogP contribution is -2.39. The maximum atomic E-state index is 12.9. The van der Waals surface area contributed by atoms with Gasteiger partial charge in [0.15, 0.2) is 6.61 Å². The number of methoxy groups -OCH3 is 2. The number of para-hydroxylation sites is 1. The quantitative estimate of drug-likeness (QED) is 0.481. The van der Waals surface area contributed by atoms with Crippen LogP contribution in [0.5, 0.6) is 23.0 Å². The number of fused-ring (bicyclic) bond motifs is 1. The molecule has 0 aromatic heterocycles. The van der Waals surface area contributed by atoms with Crippen molar-refractivity contribution in [2.75, 3.05) is 44.2 Å². The Kier molecular flexibility index (Phi) is 7.17. The molecule has 1 aliphatic heterocycles. The normalized spacial score (nSPS) is 12.4. The van der Waals surface area contributed by atoms with Crippen LogP contribution in [0.2, 0.25) is 0 Å². The molecule has 3 aromatic carbocycles. The van der Waals surface area contributed by atoms with Gasteiger partial charge in [-0.3, -0.25) is 9.59 Å². The molecule has 0 saturated carbocycles. The van der Waals surface area contributed by atoms with E-state index in [1.165, 1.54) is 14.2 Å². The Morgan fingerprint density at radius 3 is 2.41 bits per heavy atom. The fourth-order valence-electron chi connectivity index (χ4n) is 3.60. The van der Waals surface area contributed by atoms with Crippen LogP contribution in [0.1, 0.15) is 16.8 Å². The summed E-state index contributed by atoms with van der Waals surface area (Å²) in [6.07, 6.45) is 0.639. The molecule has 8 heteroatoms. The zero-order valence-electron chi connectivity index (χ0n) is 19.1. The molecule has 1 N–H and O–H groups in total. The number of carbonyl (C=O) groups excluding carboxylic acids is 2. The molecular formula is C26H26N2O6. The zero-order valence-corrected chi connectivity index (χ0v) is 19.1. The largest absolute Gasteiger partial charge is 0.497 e. The Hall–Kier alpha value is -4.20. The first-order chi connectivity index (χ1) is 16.6. The summed E-state index contributed by atoms with van der Waals surface area (Å²) in [4.78, 5) is 27.1. The molecule has 4 rings (SSSR count). The van der Waals surface area contributed by atoms with Gasteiger partial charge in [-0.1, -0.05) is 18.2 Å². The summed E-state index contributed by atoms with van der Waals surface area (Å²) in [6, 6.07) is 19.7. The summed E-state index contributed by atoms with van der Waals surface area (Å²) in [5, 5.41) is 2.87. The molecule has 0 unspecified atom stereocenters. The fraction of sp³-hybridized carbons (Fsp3) is 0.231. The second-order valence-corrected chi connectivity index (χ2v) is 7.59. The monoisotopic (exact) mass is 462 g/mol. The van der Waals surface area contributed by atoms with E-state index in [1.807, 2.05) is 30.3 Å². The lowest BCUT2D eigenvalue weighted by molar-refractivity contribution is -0.121. The number of benzene rings is 3. The van der Waals surface area contributed by atoms with Crippen molar-refractivity contribution < 1.29 is 28.5 Å². The molecule has 0 bridgehead atoms. The molecule has 0 spiro atoms. The lowest BCUT2D eigenvalue weighted by atomic mass is 10.1. The van der Waals surface area contributed by atoms with E-state index >= 15 is 0 Å². The van der Waals surface area contributed by atoms with E-state index < -0.39 is 0 Å². The SMILES string of the molecule is COc1cc(OC)cc(C(=O)Nc2ccc3c(c2)N(CCCOc2ccccc2)C(=O)CO3)c1. The van der Waals surface area contributed by atoms with Crippen LogP contribution in [0.4, 0.5) is 11.4 Å². The molecule has 8 nitrogen and oxygen atoms in total. The van der Waals surface area contributed by atoms with E-state index in [-0.39, 0.29) is 18.4 Å². The van der Waals surface area contributed by atoms with E-state index in [0.717, 1.165) is 5.75 Å². The highest BCUT2D eigenvalue weighted by Gasteiger charge is 2.26. The second-order valence-electron chi connectivity index (χ2n) is 7.59. The molecule has 0 atom stereocenters. The zero-order chi connectivity index (χ0) is 23.9. The number of ether oxygens (including phenoxy) is 4. The topological polar surface area (TPSA) is 86.3 Å². The number of carbonyl (C=O) groups is 2. The van der Waals surface area contributed by atoms with Crippen molar-refractivity contribution in [2.24, 2.45) is 0 Å². The van der Waals surface area contributed by atoms with Crippen molar-refractivity contribution in [3.8, 4) is 23.0 Å². The number of nitrogens with zero attached hydrogens (tertiary/aromatic N) is 1. The first kappa shape index (κ1) is 23.0. The summed E-state index contributed by atoms with van der Waals surface area (Å²) >= 11 is 0. The van der Waals surface area contributed by atoms with Gasteiger partial charge in [0.05, 0.1) is 26.5 Å². The highest BCUT2D eigenvalue weighted by atomic mass is 16.5. The van der Waals surface area contributed by atoms with Crippen molar-refractivity contribution >= 4 is 23.2 Å². The maximum absolute atomic E-state index is 12.9. The van der Waals surface area contributed by atoms with Gasteiger partial charge in [0.25, 0.3) is 11.8 Å². The van der Waals surface area contributed by atoms with Crippen LogP contribution in [-0.4, -0.2) is 45.8 Å². The first-order valence-electron chi connectivity index (χ1n) is 10.9. The maximum Gasteiger partial charge on any atom is 0.265 e. The van der Waals surface area contributed by atoms with Crippen molar-refractivity contribution in [1.29, 1.82) is 0 Å². The van der Waals surface area contributed by atoms with Crippen molar-refractivity contribution in [3.63, 3.8) is 0 Å². The van der Waals surface area contributed by atoms with Gasteiger partial charge in [0, 0.05) is 23.9 Å². The summed E-state index contributed by atoms with van der Waals surface area (Å²) < 4.78 is 21.8. The minimum absolute atomic E-state index is 0.0259. The van der Waals surface area contributed by atoms with Crippen LogP contribution in [0, 0.1) is 0 Å². The van der Waals surface area contributed by atoms with Crippen molar-refractivity contribution in [3.05, 3.63) is 72.3 Å².